The van der Waals surface area contributed by atoms with Crippen LogP contribution in [0.25, 0.3) is 0 Å². The number of pyridine rings is 2. The average Bonchev–Trinajstić information content (AvgIpc) is 2.85. The molecule has 2 heterocycles. The first-order valence-electron chi connectivity index (χ1n) is 12.7. The maximum atomic E-state index is 4.71. The molecule has 0 unspecified atom stereocenters. The Hall–Kier alpha value is -3.08. The Bertz CT molecular complexity index is 946. The van der Waals surface area contributed by atoms with Gasteiger partial charge in [0.05, 0.1) is 0 Å². The second-order valence-electron chi connectivity index (χ2n) is 9.41. The molecule has 0 aliphatic heterocycles. The molecule has 0 aliphatic carbocycles. The van der Waals surface area contributed by atoms with Gasteiger partial charge in [-0.15, -0.1) is 0 Å². The average molecular weight is 460 g/mol. The molecular weight excluding hydrogens is 418 g/mol. The third-order valence-corrected chi connectivity index (χ3v) is 6.21. The molecule has 0 saturated heterocycles. The van der Waals surface area contributed by atoms with Crippen molar-refractivity contribution in [1.82, 2.24) is 9.97 Å². The number of rotatable bonds is 13. The van der Waals surface area contributed by atoms with Crippen molar-refractivity contribution in [2.75, 3.05) is 42.9 Å². The molecule has 2 aromatic heterocycles. The zero-order valence-electron chi connectivity index (χ0n) is 21.7. The van der Waals surface area contributed by atoms with E-state index in [-0.39, 0.29) is 0 Å². The first-order chi connectivity index (χ1) is 16.5. The molecule has 1 aromatic carbocycles. The fourth-order valence-electron chi connectivity index (χ4n) is 4.10. The summed E-state index contributed by atoms with van der Waals surface area (Å²) in [5, 5.41) is 0. The van der Waals surface area contributed by atoms with E-state index in [9.17, 15) is 0 Å². The first-order valence-corrected chi connectivity index (χ1v) is 12.7. The Kier molecular flexibility index (Phi) is 9.75. The molecule has 5 heteroatoms. The van der Waals surface area contributed by atoms with E-state index in [1.54, 1.807) is 0 Å². The van der Waals surface area contributed by atoms with Gasteiger partial charge >= 0.3 is 0 Å². The third-order valence-electron chi connectivity index (χ3n) is 6.21. The highest BCUT2D eigenvalue weighted by Crippen LogP contribution is 2.34. The second-order valence-corrected chi connectivity index (χ2v) is 9.41. The van der Waals surface area contributed by atoms with Crippen molar-refractivity contribution in [3.05, 3.63) is 66.5 Å². The number of nitrogens with zero attached hydrogens (tertiary/aromatic N) is 5. The summed E-state index contributed by atoms with van der Waals surface area (Å²) < 4.78 is 0. The van der Waals surface area contributed by atoms with E-state index in [0.717, 1.165) is 35.1 Å². The third kappa shape index (κ3) is 7.21. The van der Waals surface area contributed by atoms with Gasteiger partial charge in [0, 0.05) is 69.8 Å². The number of benzene rings is 1. The Morgan fingerprint density at radius 3 is 1.59 bits per heavy atom. The lowest BCUT2D eigenvalue weighted by atomic mass is 10.0. The molecule has 0 radical (unpaired) electrons. The Balaban J connectivity index is 1.80. The zero-order chi connectivity index (χ0) is 24.3. The standard InChI is InChI=1S/C29H41N5/c1-6-7-8-9-10-11-12-13-24-14-16-25(17-15-24)34(28-22-26(32(2)3)18-20-30-28)29-23-27(33(4)5)19-21-31-29/h14-23H,6-13H2,1-5H3. The van der Waals surface area contributed by atoms with Crippen LogP contribution >= 0.6 is 0 Å². The van der Waals surface area contributed by atoms with Gasteiger partial charge < -0.3 is 9.80 Å². The zero-order valence-corrected chi connectivity index (χ0v) is 21.7. The Morgan fingerprint density at radius 2 is 1.09 bits per heavy atom. The first kappa shape index (κ1) is 25.5. The lowest BCUT2D eigenvalue weighted by molar-refractivity contribution is 0.589. The molecule has 0 atom stereocenters. The largest absolute Gasteiger partial charge is 0.378 e. The lowest BCUT2D eigenvalue weighted by Gasteiger charge is -2.25. The molecule has 0 N–H and O–H groups in total. The van der Waals surface area contributed by atoms with Crippen LogP contribution in [0.15, 0.2) is 60.9 Å². The smallest absolute Gasteiger partial charge is 0.140 e. The van der Waals surface area contributed by atoms with Gasteiger partial charge in [0.15, 0.2) is 0 Å². The number of anilines is 5. The molecule has 0 spiro atoms. The molecule has 34 heavy (non-hydrogen) atoms. The lowest BCUT2D eigenvalue weighted by Crippen LogP contribution is -2.16. The van der Waals surface area contributed by atoms with E-state index in [0.29, 0.717) is 0 Å². The Labute approximate surface area is 206 Å². The van der Waals surface area contributed by atoms with E-state index in [1.165, 1.54) is 50.5 Å². The number of hydrogen-bond acceptors (Lipinski definition) is 5. The van der Waals surface area contributed by atoms with Crippen molar-refractivity contribution in [2.45, 2.75) is 58.3 Å². The monoisotopic (exact) mass is 459 g/mol. The molecule has 0 amide bonds. The predicted octanol–water partition coefficient (Wildman–Crippen LogP) is 7.37. The van der Waals surface area contributed by atoms with Crippen molar-refractivity contribution < 1.29 is 0 Å². The van der Waals surface area contributed by atoms with Gasteiger partial charge in [0.1, 0.15) is 11.6 Å². The molecular formula is C29H41N5. The fraction of sp³-hybridized carbons (Fsp3) is 0.448. The van der Waals surface area contributed by atoms with Gasteiger partial charge in [-0.2, -0.15) is 0 Å². The maximum Gasteiger partial charge on any atom is 0.140 e. The van der Waals surface area contributed by atoms with Gasteiger partial charge in [-0.1, -0.05) is 57.6 Å². The van der Waals surface area contributed by atoms with Gasteiger partial charge in [0.25, 0.3) is 0 Å². The van der Waals surface area contributed by atoms with Gasteiger partial charge in [-0.25, -0.2) is 9.97 Å². The quantitative estimate of drug-likeness (QED) is 0.249. The normalized spacial score (nSPS) is 10.9. The predicted molar refractivity (Wildman–Crippen MR) is 147 cm³/mol. The highest BCUT2D eigenvalue weighted by atomic mass is 15.2. The van der Waals surface area contributed by atoms with E-state index in [1.807, 2.05) is 52.7 Å². The summed E-state index contributed by atoms with van der Waals surface area (Å²) in [7, 11) is 8.19. The van der Waals surface area contributed by atoms with Gasteiger partial charge in [-0.3, -0.25) is 4.90 Å². The van der Waals surface area contributed by atoms with Crippen LogP contribution in [-0.4, -0.2) is 38.2 Å². The summed E-state index contributed by atoms with van der Waals surface area (Å²) in [6.07, 6.45) is 14.2. The SMILES string of the molecule is CCCCCCCCCc1ccc(N(c2cc(N(C)C)ccn2)c2cc(N(C)C)ccn2)cc1. The molecule has 0 aliphatic rings. The van der Waals surface area contributed by atoms with Gasteiger partial charge in [-0.05, 0) is 42.7 Å². The fourth-order valence-corrected chi connectivity index (χ4v) is 4.10. The minimum Gasteiger partial charge on any atom is -0.378 e. The van der Waals surface area contributed by atoms with Gasteiger partial charge in [0.2, 0.25) is 0 Å². The summed E-state index contributed by atoms with van der Waals surface area (Å²) in [6.45, 7) is 2.27. The number of unbranched alkanes of at least 4 members (excludes halogenated alkanes) is 6. The van der Waals surface area contributed by atoms with E-state index >= 15 is 0 Å². The highest BCUT2D eigenvalue weighted by Gasteiger charge is 2.17. The molecule has 3 rings (SSSR count). The minimum atomic E-state index is 0.856. The van der Waals surface area contributed by atoms with Crippen LogP contribution < -0.4 is 14.7 Å². The van der Waals surface area contributed by atoms with Crippen LogP contribution in [0.1, 0.15) is 57.4 Å². The highest BCUT2D eigenvalue weighted by molar-refractivity contribution is 5.75. The number of hydrogen-bond donors (Lipinski definition) is 0. The summed E-state index contributed by atoms with van der Waals surface area (Å²) in [4.78, 5) is 15.7. The topological polar surface area (TPSA) is 35.5 Å². The number of aryl methyl sites for hydroxylation is 1. The minimum absolute atomic E-state index is 0.856. The summed E-state index contributed by atoms with van der Waals surface area (Å²) in [5.41, 5.74) is 4.67. The summed E-state index contributed by atoms with van der Waals surface area (Å²) in [5.74, 6) is 1.71. The number of aromatic nitrogens is 2. The van der Waals surface area contributed by atoms with Crippen LogP contribution in [0.3, 0.4) is 0 Å². The van der Waals surface area contributed by atoms with E-state index < -0.39 is 0 Å². The molecule has 182 valence electrons. The van der Waals surface area contributed by atoms with Crippen molar-refractivity contribution >= 4 is 28.7 Å². The van der Waals surface area contributed by atoms with Crippen LogP contribution in [0.4, 0.5) is 28.7 Å². The molecule has 0 fully saturated rings. The second kappa shape index (κ2) is 13.0. The maximum absolute atomic E-state index is 4.71. The summed E-state index contributed by atoms with van der Waals surface area (Å²) in [6, 6.07) is 17.2. The van der Waals surface area contributed by atoms with Crippen molar-refractivity contribution in [1.29, 1.82) is 0 Å². The Morgan fingerprint density at radius 1 is 0.588 bits per heavy atom. The molecule has 5 nitrogen and oxygen atoms in total. The molecule has 3 aromatic rings. The van der Waals surface area contributed by atoms with E-state index in [4.69, 9.17) is 9.97 Å². The van der Waals surface area contributed by atoms with Crippen LogP contribution in [0.2, 0.25) is 0 Å². The van der Waals surface area contributed by atoms with Crippen LogP contribution in [0.5, 0.6) is 0 Å². The van der Waals surface area contributed by atoms with Crippen LogP contribution in [-0.2, 0) is 6.42 Å². The van der Waals surface area contributed by atoms with Crippen LogP contribution in [0, 0.1) is 0 Å². The molecule has 0 bridgehead atoms. The van der Waals surface area contributed by atoms with Crippen molar-refractivity contribution in [3.8, 4) is 0 Å². The van der Waals surface area contributed by atoms with E-state index in [2.05, 4.69) is 58.0 Å². The van der Waals surface area contributed by atoms with Crippen molar-refractivity contribution in [3.63, 3.8) is 0 Å². The molecule has 0 saturated carbocycles. The summed E-state index contributed by atoms with van der Waals surface area (Å²) >= 11 is 0. The van der Waals surface area contributed by atoms with Crippen molar-refractivity contribution in [2.24, 2.45) is 0 Å².